The van der Waals surface area contributed by atoms with Crippen LogP contribution >= 0.6 is 15.9 Å². The number of phenolic OH excluding ortho intramolecular Hbond substituents is 1. The second-order valence-corrected chi connectivity index (χ2v) is 5.10. The smallest absolute Gasteiger partial charge is 0.231 e. The number of ether oxygens (including phenoxy) is 2. The number of benzene rings is 1. The fraction of sp³-hybridized carbons (Fsp3) is 0.455. The second-order valence-electron chi connectivity index (χ2n) is 4.30. The van der Waals surface area contributed by atoms with E-state index in [9.17, 15) is 5.11 Å². The Hall–Kier alpha value is -0.940. The molecule has 0 unspecified atom stereocenters. The van der Waals surface area contributed by atoms with Gasteiger partial charge in [0.1, 0.15) is 10.2 Å². The van der Waals surface area contributed by atoms with Crippen molar-refractivity contribution in [1.29, 1.82) is 0 Å². The summed E-state index contributed by atoms with van der Waals surface area (Å²) < 4.78 is 11.2. The highest BCUT2D eigenvalue weighted by Crippen LogP contribution is 2.56. The Morgan fingerprint density at radius 3 is 2.81 bits per heavy atom. The standard InChI is InChI=1S/C11H12BrNO3/c12-8-9(14)6(11(4-13)1-2-11)3-7-10(8)16-5-15-7/h3,14H,1-2,4-5,13H2. The third kappa shape index (κ3) is 1.25. The molecule has 0 aromatic heterocycles. The maximum atomic E-state index is 10.1. The van der Waals surface area contributed by atoms with E-state index in [2.05, 4.69) is 15.9 Å². The third-order valence-corrected chi connectivity index (χ3v) is 4.13. The molecule has 1 heterocycles. The fourth-order valence-electron chi connectivity index (χ4n) is 2.13. The minimum atomic E-state index is -0.0619. The monoisotopic (exact) mass is 285 g/mol. The van der Waals surface area contributed by atoms with E-state index in [1.165, 1.54) is 0 Å². The molecular weight excluding hydrogens is 274 g/mol. The molecule has 1 aliphatic carbocycles. The molecule has 0 bridgehead atoms. The Balaban J connectivity index is 2.17. The Bertz CT molecular complexity index is 457. The highest BCUT2D eigenvalue weighted by Gasteiger charge is 2.46. The van der Waals surface area contributed by atoms with E-state index < -0.39 is 0 Å². The molecule has 1 aliphatic heterocycles. The minimum Gasteiger partial charge on any atom is -0.506 e. The lowest BCUT2D eigenvalue weighted by molar-refractivity contribution is 0.173. The minimum absolute atomic E-state index is 0.0619. The summed E-state index contributed by atoms with van der Waals surface area (Å²) in [5.74, 6) is 1.49. The van der Waals surface area contributed by atoms with Crippen LogP contribution in [0.1, 0.15) is 18.4 Å². The zero-order valence-corrected chi connectivity index (χ0v) is 10.2. The maximum Gasteiger partial charge on any atom is 0.231 e. The number of halogens is 1. The van der Waals surface area contributed by atoms with Gasteiger partial charge in [-0.25, -0.2) is 0 Å². The van der Waals surface area contributed by atoms with Crippen LogP contribution in [0, 0.1) is 0 Å². The summed E-state index contributed by atoms with van der Waals surface area (Å²) in [5.41, 5.74) is 6.57. The number of nitrogens with two attached hydrogens (primary N) is 1. The largest absolute Gasteiger partial charge is 0.506 e. The van der Waals surface area contributed by atoms with Gasteiger partial charge in [0.05, 0.1) is 0 Å². The number of aromatic hydroxyl groups is 1. The van der Waals surface area contributed by atoms with Gasteiger partial charge in [-0.2, -0.15) is 0 Å². The molecule has 1 fully saturated rings. The van der Waals surface area contributed by atoms with Crippen LogP contribution in [0.3, 0.4) is 0 Å². The van der Waals surface area contributed by atoms with E-state index >= 15 is 0 Å². The van der Waals surface area contributed by atoms with Crippen LogP contribution in [0.5, 0.6) is 17.2 Å². The molecule has 0 radical (unpaired) electrons. The molecule has 0 spiro atoms. The van der Waals surface area contributed by atoms with E-state index in [0.717, 1.165) is 18.4 Å². The molecule has 4 nitrogen and oxygen atoms in total. The van der Waals surface area contributed by atoms with Crippen LogP contribution in [0.4, 0.5) is 0 Å². The third-order valence-electron chi connectivity index (χ3n) is 3.39. The van der Waals surface area contributed by atoms with Crippen LogP contribution in [0.15, 0.2) is 10.5 Å². The van der Waals surface area contributed by atoms with Crippen molar-refractivity contribution in [2.24, 2.45) is 5.73 Å². The van der Waals surface area contributed by atoms with Gasteiger partial charge in [0.15, 0.2) is 11.5 Å². The van der Waals surface area contributed by atoms with E-state index in [1.54, 1.807) is 0 Å². The summed E-state index contributed by atoms with van der Waals surface area (Å²) in [6.45, 7) is 0.749. The lowest BCUT2D eigenvalue weighted by Crippen LogP contribution is -2.19. The Labute approximate surface area is 101 Å². The highest BCUT2D eigenvalue weighted by molar-refractivity contribution is 9.10. The van der Waals surface area contributed by atoms with E-state index in [1.807, 2.05) is 6.07 Å². The quantitative estimate of drug-likeness (QED) is 0.871. The lowest BCUT2D eigenvalue weighted by atomic mass is 9.94. The zero-order valence-electron chi connectivity index (χ0n) is 8.62. The summed E-state index contributed by atoms with van der Waals surface area (Å²) in [4.78, 5) is 0. The molecule has 86 valence electrons. The molecule has 0 saturated heterocycles. The van der Waals surface area contributed by atoms with Gasteiger partial charge in [-0.05, 0) is 34.8 Å². The summed E-state index contributed by atoms with van der Waals surface area (Å²) in [6.07, 6.45) is 2.03. The number of hydrogen-bond acceptors (Lipinski definition) is 4. The lowest BCUT2D eigenvalue weighted by Gasteiger charge is -2.16. The van der Waals surface area contributed by atoms with E-state index in [-0.39, 0.29) is 18.0 Å². The molecule has 1 aromatic rings. The van der Waals surface area contributed by atoms with Gasteiger partial charge in [-0.3, -0.25) is 0 Å². The number of hydrogen-bond donors (Lipinski definition) is 2. The predicted octanol–water partition coefficient (Wildman–Crippen LogP) is 1.87. The first-order chi connectivity index (χ1) is 7.68. The fourth-order valence-corrected chi connectivity index (χ4v) is 2.65. The number of rotatable bonds is 2. The van der Waals surface area contributed by atoms with Crippen molar-refractivity contribution in [3.05, 3.63) is 16.1 Å². The number of phenols is 1. The molecule has 5 heteroatoms. The van der Waals surface area contributed by atoms with Crippen LogP contribution < -0.4 is 15.2 Å². The first kappa shape index (κ1) is 10.2. The summed E-state index contributed by atoms with van der Waals surface area (Å²) in [6, 6.07) is 1.85. The average Bonchev–Trinajstić information content (AvgIpc) is 2.95. The van der Waals surface area contributed by atoms with Gasteiger partial charge < -0.3 is 20.3 Å². The summed E-state index contributed by atoms with van der Waals surface area (Å²) in [5, 5.41) is 10.1. The van der Waals surface area contributed by atoms with Crippen molar-refractivity contribution in [2.75, 3.05) is 13.3 Å². The normalized spacial score (nSPS) is 19.9. The van der Waals surface area contributed by atoms with E-state index in [0.29, 0.717) is 22.5 Å². The molecule has 0 amide bonds. The van der Waals surface area contributed by atoms with Crippen LogP contribution in [0.2, 0.25) is 0 Å². The zero-order chi connectivity index (χ0) is 11.3. The van der Waals surface area contributed by atoms with Gasteiger partial charge in [0.25, 0.3) is 0 Å². The van der Waals surface area contributed by atoms with Crippen LogP contribution in [0.25, 0.3) is 0 Å². The van der Waals surface area contributed by atoms with Crippen molar-refractivity contribution in [1.82, 2.24) is 0 Å². The Kier molecular flexibility index (Phi) is 2.09. The topological polar surface area (TPSA) is 64.7 Å². The Morgan fingerprint density at radius 1 is 1.44 bits per heavy atom. The molecule has 3 rings (SSSR count). The second kappa shape index (κ2) is 3.28. The molecule has 1 aromatic carbocycles. The Morgan fingerprint density at radius 2 is 2.19 bits per heavy atom. The van der Waals surface area contributed by atoms with Gasteiger partial charge in [0.2, 0.25) is 6.79 Å². The first-order valence-corrected chi connectivity index (χ1v) is 5.99. The summed E-state index contributed by atoms with van der Waals surface area (Å²) >= 11 is 3.34. The van der Waals surface area contributed by atoms with Crippen molar-refractivity contribution >= 4 is 15.9 Å². The molecule has 0 atom stereocenters. The first-order valence-electron chi connectivity index (χ1n) is 5.19. The van der Waals surface area contributed by atoms with E-state index in [4.69, 9.17) is 15.2 Å². The molecule has 2 aliphatic rings. The van der Waals surface area contributed by atoms with Crippen molar-refractivity contribution < 1.29 is 14.6 Å². The highest BCUT2D eigenvalue weighted by atomic mass is 79.9. The van der Waals surface area contributed by atoms with Crippen LogP contribution in [-0.2, 0) is 5.41 Å². The SMILES string of the molecule is NCC1(c2cc3c(c(Br)c2O)OCO3)CC1. The van der Waals surface area contributed by atoms with Crippen molar-refractivity contribution in [2.45, 2.75) is 18.3 Å². The maximum absolute atomic E-state index is 10.1. The van der Waals surface area contributed by atoms with Gasteiger partial charge in [-0.1, -0.05) is 0 Å². The molecule has 3 N–H and O–H groups in total. The van der Waals surface area contributed by atoms with Gasteiger partial charge in [-0.15, -0.1) is 0 Å². The number of fused-ring (bicyclic) bond motifs is 1. The summed E-state index contributed by atoms with van der Waals surface area (Å²) in [7, 11) is 0. The van der Waals surface area contributed by atoms with Gasteiger partial charge >= 0.3 is 0 Å². The average molecular weight is 286 g/mol. The molecular formula is C11H12BrNO3. The molecule has 1 saturated carbocycles. The van der Waals surface area contributed by atoms with Crippen molar-refractivity contribution in [3.63, 3.8) is 0 Å². The van der Waals surface area contributed by atoms with Crippen molar-refractivity contribution in [3.8, 4) is 17.2 Å². The molecule has 16 heavy (non-hydrogen) atoms. The van der Waals surface area contributed by atoms with Gasteiger partial charge in [0, 0.05) is 17.5 Å². The van der Waals surface area contributed by atoms with Crippen LogP contribution in [-0.4, -0.2) is 18.4 Å². The predicted molar refractivity (Wildman–Crippen MR) is 61.9 cm³/mol.